The molecule has 0 aliphatic heterocycles. The second kappa shape index (κ2) is 8.39. The quantitative estimate of drug-likeness (QED) is 0.607. The van der Waals surface area contributed by atoms with E-state index < -0.39 is 38.3 Å². The summed E-state index contributed by atoms with van der Waals surface area (Å²) in [5.74, 6) is -1.77. The zero-order valence-corrected chi connectivity index (χ0v) is 14.3. The van der Waals surface area contributed by atoms with E-state index in [9.17, 15) is 21.6 Å². The van der Waals surface area contributed by atoms with Gasteiger partial charge in [0.05, 0.1) is 10.6 Å². The molecule has 0 spiro atoms. The lowest BCUT2D eigenvalue weighted by Gasteiger charge is -2.19. The molecule has 0 bridgehead atoms. The first-order valence-corrected chi connectivity index (χ1v) is 10.0. The maximum atomic E-state index is 12.1. The lowest BCUT2D eigenvalue weighted by Crippen LogP contribution is -2.40. The van der Waals surface area contributed by atoms with Gasteiger partial charge in [-0.2, -0.15) is 4.31 Å². The molecule has 0 heterocycles. The molecule has 0 fully saturated rings. The van der Waals surface area contributed by atoms with E-state index >= 15 is 0 Å². The van der Waals surface area contributed by atoms with Crippen molar-refractivity contribution in [2.75, 3.05) is 25.4 Å². The topological polar surface area (TPSA) is 121 Å². The first kappa shape index (κ1) is 19.6. The SMILES string of the molecule is CCCN(CC(=O)O)S(=O)(=O)CCNS(=O)(=O)c1ccccc1. The number of rotatable bonds is 10. The van der Waals surface area contributed by atoms with Crippen LogP contribution < -0.4 is 4.72 Å². The van der Waals surface area contributed by atoms with Crippen LogP contribution in [-0.2, 0) is 24.8 Å². The minimum atomic E-state index is -3.86. The largest absolute Gasteiger partial charge is 0.480 e. The normalized spacial score (nSPS) is 12.4. The fourth-order valence-corrected chi connectivity index (χ4v) is 4.40. The van der Waals surface area contributed by atoms with Crippen LogP contribution in [0.25, 0.3) is 0 Å². The van der Waals surface area contributed by atoms with Crippen molar-refractivity contribution in [3.8, 4) is 0 Å². The van der Waals surface area contributed by atoms with Gasteiger partial charge in [0.2, 0.25) is 20.0 Å². The van der Waals surface area contributed by atoms with E-state index in [2.05, 4.69) is 4.72 Å². The van der Waals surface area contributed by atoms with Gasteiger partial charge in [-0.15, -0.1) is 0 Å². The summed E-state index contributed by atoms with van der Waals surface area (Å²) in [6.45, 7) is 0.823. The summed E-state index contributed by atoms with van der Waals surface area (Å²) in [6.07, 6.45) is 0.461. The van der Waals surface area contributed by atoms with Crippen molar-refractivity contribution >= 4 is 26.0 Å². The Kier molecular flexibility index (Phi) is 7.13. The van der Waals surface area contributed by atoms with Gasteiger partial charge < -0.3 is 5.11 Å². The molecule has 23 heavy (non-hydrogen) atoms. The van der Waals surface area contributed by atoms with Crippen LogP contribution in [0.3, 0.4) is 0 Å². The summed E-state index contributed by atoms with van der Waals surface area (Å²) in [4.78, 5) is 10.8. The van der Waals surface area contributed by atoms with Gasteiger partial charge in [-0.25, -0.2) is 21.6 Å². The van der Waals surface area contributed by atoms with Crippen molar-refractivity contribution in [1.82, 2.24) is 9.03 Å². The van der Waals surface area contributed by atoms with E-state index in [1.165, 1.54) is 12.1 Å². The number of carboxylic acid groups (broad SMARTS) is 1. The molecule has 1 aromatic carbocycles. The summed E-state index contributed by atoms with van der Waals surface area (Å²) >= 11 is 0. The Hall–Kier alpha value is -1.49. The standard InChI is InChI=1S/C13H20N2O6S2/c1-2-9-15(11-13(16)17)22(18,19)10-8-14-23(20,21)12-6-4-3-5-7-12/h3-7,14H,2,8-11H2,1H3,(H,16,17). The number of nitrogens with zero attached hydrogens (tertiary/aromatic N) is 1. The Morgan fingerprint density at radius 2 is 1.78 bits per heavy atom. The van der Waals surface area contributed by atoms with Crippen LogP contribution in [0.2, 0.25) is 0 Å². The fourth-order valence-electron chi connectivity index (χ4n) is 1.83. The lowest BCUT2D eigenvalue weighted by atomic mass is 10.4. The third kappa shape index (κ3) is 6.26. The van der Waals surface area contributed by atoms with Crippen LogP contribution in [0.5, 0.6) is 0 Å². The highest BCUT2D eigenvalue weighted by molar-refractivity contribution is 7.90. The van der Waals surface area contributed by atoms with E-state index in [0.29, 0.717) is 6.42 Å². The fraction of sp³-hybridized carbons (Fsp3) is 0.462. The number of aliphatic carboxylic acids is 1. The molecular weight excluding hydrogens is 344 g/mol. The Bertz CT molecular complexity index is 716. The second-order valence-electron chi connectivity index (χ2n) is 4.75. The maximum Gasteiger partial charge on any atom is 0.318 e. The lowest BCUT2D eigenvalue weighted by molar-refractivity contribution is -0.137. The summed E-state index contributed by atoms with van der Waals surface area (Å²) in [5, 5.41) is 8.76. The number of carbonyl (C=O) groups is 1. The minimum absolute atomic E-state index is 0.0355. The van der Waals surface area contributed by atoms with Crippen LogP contribution in [0.15, 0.2) is 35.2 Å². The molecule has 0 aromatic heterocycles. The van der Waals surface area contributed by atoms with E-state index in [0.717, 1.165) is 4.31 Å². The number of nitrogens with one attached hydrogen (secondary N) is 1. The molecule has 0 saturated heterocycles. The number of hydrogen-bond donors (Lipinski definition) is 2. The highest BCUT2D eigenvalue weighted by atomic mass is 32.2. The average Bonchev–Trinajstić information content (AvgIpc) is 2.47. The highest BCUT2D eigenvalue weighted by Crippen LogP contribution is 2.07. The molecule has 2 N–H and O–H groups in total. The predicted molar refractivity (Wildman–Crippen MR) is 84.9 cm³/mol. The number of benzene rings is 1. The molecule has 0 aliphatic rings. The number of sulfonamides is 2. The molecule has 0 saturated carbocycles. The van der Waals surface area contributed by atoms with Gasteiger partial charge in [0.15, 0.2) is 0 Å². The summed E-state index contributed by atoms with van der Waals surface area (Å²) in [6, 6.07) is 7.57. The van der Waals surface area contributed by atoms with Crippen molar-refractivity contribution in [1.29, 1.82) is 0 Å². The van der Waals surface area contributed by atoms with E-state index in [4.69, 9.17) is 5.11 Å². The second-order valence-corrected chi connectivity index (χ2v) is 8.61. The number of hydrogen-bond acceptors (Lipinski definition) is 5. The van der Waals surface area contributed by atoms with Gasteiger partial charge in [-0.1, -0.05) is 25.1 Å². The summed E-state index contributed by atoms with van der Waals surface area (Å²) in [7, 11) is -7.65. The highest BCUT2D eigenvalue weighted by Gasteiger charge is 2.24. The average molecular weight is 364 g/mol. The molecule has 130 valence electrons. The summed E-state index contributed by atoms with van der Waals surface area (Å²) < 4.78 is 51.2. The van der Waals surface area contributed by atoms with E-state index in [1.807, 2.05) is 0 Å². The Morgan fingerprint density at radius 1 is 1.17 bits per heavy atom. The first-order chi connectivity index (χ1) is 10.7. The smallest absolute Gasteiger partial charge is 0.318 e. The Balaban J connectivity index is 2.70. The molecule has 10 heteroatoms. The minimum Gasteiger partial charge on any atom is -0.480 e. The zero-order valence-electron chi connectivity index (χ0n) is 12.7. The molecule has 8 nitrogen and oxygen atoms in total. The third-order valence-corrected chi connectivity index (χ3v) is 6.18. The predicted octanol–water partition coefficient (Wildman–Crippen LogP) is 0.0913. The van der Waals surface area contributed by atoms with Crippen molar-refractivity contribution in [3.63, 3.8) is 0 Å². The maximum absolute atomic E-state index is 12.1. The molecule has 0 aliphatic carbocycles. The van der Waals surface area contributed by atoms with Crippen molar-refractivity contribution in [2.24, 2.45) is 0 Å². The van der Waals surface area contributed by atoms with Crippen LogP contribution in [0.1, 0.15) is 13.3 Å². The van der Waals surface area contributed by atoms with Crippen LogP contribution in [-0.4, -0.2) is 57.6 Å². The molecule has 0 radical (unpaired) electrons. The Morgan fingerprint density at radius 3 is 2.30 bits per heavy atom. The van der Waals surface area contributed by atoms with Crippen LogP contribution in [0, 0.1) is 0 Å². The van der Waals surface area contributed by atoms with Crippen molar-refractivity contribution in [3.05, 3.63) is 30.3 Å². The Labute approximate surface area is 136 Å². The van der Waals surface area contributed by atoms with Crippen LogP contribution in [0.4, 0.5) is 0 Å². The van der Waals surface area contributed by atoms with Gasteiger partial charge in [-0.3, -0.25) is 4.79 Å². The van der Waals surface area contributed by atoms with E-state index in [-0.39, 0.29) is 18.0 Å². The molecule has 0 unspecified atom stereocenters. The third-order valence-electron chi connectivity index (χ3n) is 2.88. The van der Waals surface area contributed by atoms with Gasteiger partial charge >= 0.3 is 5.97 Å². The summed E-state index contributed by atoms with van der Waals surface area (Å²) in [5.41, 5.74) is 0. The molecule has 0 amide bonds. The molecular formula is C13H20N2O6S2. The zero-order chi connectivity index (χ0) is 17.5. The monoisotopic (exact) mass is 364 g/mol. The number of carboxylic acids is 1. The van der Waals surface area contributed by atoms with Gasteiger partial charge in [0.1, 0.15) is 6.54 Å². The van der Waals surface area contributed by atoms with Crippen LogP contribution >= 0.6 is 0 Å². The van der Waals surface area contributed by atoms with Crippen molar-refractivity contribution in [2.45, 2.75) is 18.2 Å². The van der Waals surface area contributed by atoms with Gasteiger partial charge in [0.25, 0.3) is 0 Å². The van der Waals surface area contributed by atoms with E-state index in [1.54, 1.807) is 25.1 Å². The molecule has 0 atom stereocenters. The van der Waals surface area contributed by atoms with Crippen molar-refractivity contribution < 1.29 is 26.7 Å². The van der Waals surface area contributed by atoms with Gasteiger partial charge in [-0.05, 0) is 18.6 Å². The van der Waals surface area contributed by atoms with Gasteiger partial charge in [0, 0.05) is 13.1 Å². The molecule has 1 aromatic rings. The first-order valence-electron chi connectivity index (χ1n) is 6.93. The molecule has 1 rings (SSSR count).